The van der Waals surface area contributed by atoms with Crippen LogP contribution in [0.1, 0.15) is 40.0 Å². The van der Waals surface area contributed by atoms with Crippen molar-refractivity contribution in [3.05, 3.63) is 0 Å². The summed E-state index contributed by atoms with van der Waals surface area (Å²) in [5, 5.41) is 6.33. The lowest BCUT2D eigenvalue weighted by molar-refractivity contribution is -0.100. The van der Waals surface area contributed by atoms with Crippen LogP contribution in [0, 0.1) is 5.92 Å². The van der Waals surface area contributed by atoms with Gasteiger partial charge in [0, 0.05) is 33.4 Å². The second-order valence-electron chi connectivity index (χ2n) is 6.49. The Morgan fingerprint density at radius 1 is 1.24 bits per heavy atom. The fourth-order valence-electron chi connectivity index (χ4n) is 2.59. The molecule has 0 aliphatic heterocycles. The average molecular weight is 302 g/mol. The molecule has 2 atom stereocenters. The van der Waals surface area contributed by atoms with E-state index in [2.05, 4.69) is 10.6 Å². The molecule has 0 aromatic carbocycles. The number of rotatable bonds is 7. The summed E-state index contributed by atoms with van der Waals surface area (Å²) in [7, 11) is 3.26. The summed E-state index contributed by atoms with van der Waals surface area (Å²) in [5.41, 5.74) is -0.457. The van der Waals surface area contributed by atoms with Crippen molar-refractivity contribution < 1.29 is 19.0 Å². The predicted molar refractivity (Wildman–Crippen MR) is 81.2 cm³/mol. The van der Waals surface area contributed by atoms with Crippen LogP contribution in [0.2, 0.25) is 0 Å². The minimum atomic E-state index is -0.457. The number of alkyl carbamates (subject to hydrolysis) is 1. The van der Waals surface area contributed by atoms with Gasteiger partial charge in [-0.2, -0.15) is 0 Å². The Kier molecular flexibility index (Phi) is 7.42. The first kappa shape index (κ1) is 18.2. The van der Waals surface area contributed by atoms with E-state index < -0.39 is 5.60 Å². The zero-order valence-corrected chi connectivity index (χ0v) is 13.9. The number of carbonyl (C=O) groups excluding carboxylic acids is 1. The minimum absolute atomic E-state index is 0.231. The number of hydrogen-bond donors (Lipinski definition) is 2. The first-order valence-corrected chi connectivity index (χ1v) is 7.61. The van der Waals surface area contributed by atoms with E-state index in [1.165, 1.54) is 6.42 Å². The fourth-order valence-corrected chi connectivity index (χ4v) is 2.59. The monoisotopic (exact) mass is 302 g/mol. The van der Waals surface area contributed by atoms with Gasteiger partial charge in [0.15, 0.2) is 6.29 Å². The summed E-state index contributed by atoms with van der Waals surface area (Å²) < 4.78 is 15.6. The van der Waals surface area contributed by atoms with Gasteiger partial charge in [0.1, 0.15) is 5.60 Å². The second kappa shape index (κ2) is 8.56. The van der Waals surface area contributed by atoms with Gasteiger partial charge in [-0.3, -0.25) is 0 Å². The highest BCUT2D eigenvalue weighted by Gasteiger charge is 2.28. The molecular formula is C15H30N2O4. The first-order valence-electron chi connectivity index (χ1n) is 7.61. The normalized spacial score (nSPS) is 22.6. The van der Waals surface area contributed by atoms with Crippen LogP contribution in [0.4, 0.5) is 4.79 Å². The molecule has 1 amide bonds. The van der Waals surface area contributed by atoms with E-state index in [4.69, 9.17) is 14.2 Å². The summed E-state index contributed by atoms with van der Waals surface area (Å²) in [6.07, 6.45) is 2.81. The molecule has 1 aliphatic carbocycles. The van der Waals surface area contributed by atoms with Gasteiger partial charge in [-0.15, -0.1) is 0 Å². The van der Waals surface area contributed by atoms with Crippen molar-refractivity contribution in [2.45, 2.75) is 58.0 Å². The van der Waals surface area contributed by atoms with Crippen LogP contribution in [-0.4, -0.2) is 51.3 Å². The Balaban J connectivity index is 2.31. The van der Waals surface area contributed by atoms with Crippen molar-refractivity contribution in [1.29, 1.82) is 0 Å². The smallest absolute Gasteiger partial charge is 0.407 e. The van der Waals surface area contributed by atoms with Crippen LogP contribution < -0.4 is 10.6 Å². The third kappa shape index (κ3) is 7.11. The molecule has 0 saturated heterocycles. The molecular weight excluding hydrogens is 272 g/mol. The first-order chi connectivity index (χ1) is 9.85. The molecule has 0 spiro atoms. The van der Waals surface area contributed by atoms with Gasteiger partial charge in [0.25, 0.3) is 0 Å². The molecule has 2 N–H and O–H groups in total. The SMILES string of the molecule is COC(CNC1CCCC1CNC(=O)OC(C)(C)C)OC. The van der Waals surface area contributed by atoms with Crippen molar-refractivity contribution in [2.24, 2.45) is 5.92 Å². The van der Waals surface area contributed by atoms with E-state index >= 15 is 0 Å². The molecule has 0 heterocycles. The number of carbonyl (C=O) groups is 1. The van der Waals surface area contributed by atoms with Crippen LogP contribution in [0.3, 0.4) is 0 Å². The maximum atomic E-state index is 11.7. The second-order valence-corrected chi connectivity index (χ2v) is 6.49. The Hall–Kier alpha value is -0.850. The average Bonchev–Trinajstić information content (AvgIpc) is 2.83. The van der Waals surface area contributed by atoms with Gasteiger partial charge >= 0.3 is 6.09 Å². The number of hydrogen-bond acceptors (Lipinski definition) is 5. The summed E-state index contributed by atoms with van der Waals surface area (Å²) >= 11 is 0. The summed E-state index contributed by atoms with van der Waals surface area (Å²) in [5.74, 6) is 0.423. The lowest BCUT2D eigenvalue weighted by Crippen LogP contribution is -2.43. The maximum absolute atomic E-state index is 11.7. The molecule has 1 saturated carbocycles. The third-order valence-electron chi connectivity index (χ3n) is 3.64. The molecule has 0 radical (unpaired) electrons. The van der Waals surface area contributed by atoms with Crippen LogP contribution in [0.25, 0.3) is 0 Å². The van der Waals surface area contributed by atoms with Crippen molar-refractivity contribution in [1.82, 2.24) is 10.6 Å². The summed E-state index contributed by atoms with van der Waals surface area (Å²) in [4.78, 5) is 11.7. The zero-order chi connectivity index (χ0) is 15.9. The molecule has 1 rings (SSSR count). The van der Waals surface area contributed by atoms with E-state index in [-0.39, 0.29) is 12.4 Å². The van der Waals surface area contributed by atoms with E-state index in [0.29, 0.717) is 25.0 Å². The Morgan fingerprint density at radius 2 is 1.90 bits per heavy atom. The quantitative estimate of drug-likeness (QED) is 0.703. The van der Waals surface area contributed by atoms with Gasteiger partial charge < -0.3 is 24.8 Å². The lowest BCUT2D eigenvalue weighted by atomic mass is 10.0. The van der Waals surface area contributed by atoms with E-state index in [1.54, 1.807) is 14.2 Å². The van der Waals surface area contributed by atoms with Gasteiger partial charge in [-0.05, 0) is 39.5 Å². The van der Waals surface area contributed by atoms with E-state index in [1.807, 2.05) is 20.8 Å². The molecule has 124 valence electrons. The zero-order valence-electron chi connectivity index (χ0n) is 13.9. The standard InChI is InChI=1S/C15H30N2O4/c1-15(2,3)21-14(18)17-9-11-7-6-8-12(11)16-10-13(19-4)20-5/h11-13,16H,6-10H2,1-5H3,(H,17,18). The predicted octanol–water partition coefficient (Wildman–Crippen LogP) is 1.89. The van der Waals surface area contributed by atoms with Gasteiger partial charge in [0.2, 0.25) is 0 Å². The largest absolute Gasteiger partial charge is 0.444 e. The topological polar surface area (TPSA) is 68.8 Å². The molecule has 21 heavy (non-hydrogen) atoms. The Morgan fingerprint density at radius 3 is 2.48 bits per heavy atom. The van der Waals surface area contributed by atoms with Crippen molar-refractivity contribution >= 4 is 6.09 Å². The highest BCUT2D eigenvalue weighted by Crippen LogP contribution is 2.25. The highest BCUT2D eigenvalue weighted by atomic mass is 16.7. The molecule has 1 aliphatic rings. The highest BCUT2D eigenvalue weighted by molar-refractivity contribution is 5.67. The maximum Gasteiger partial charge on any atom is 0.407 e. The number of ether oxygens (including phenoxy) is 3. The van der Waals surface area contributed by atoms with Crippen LogP contribution in [0.5, 0.6) is 0 Å². The number of methoxy groups -OCH3 is 2. The Labute approximate surface area is 127 Å². The van der Waals surface area contributed by atoms with Gasteiger partial charge in [-0.1, -0.05) is 6.42 Å². The van der Waals surface area contributed by atoms with Crippen LogP contribution in [-0.2, 0) is 14.2 Å². The number of amides is 1. The van der Waals surface area contributed by atoms with E-state index in [9.17, 15) is 4.79 Å². The summed E-state index contributed by atoms with van der Waals surface area (Å²) in [6, 6.07) is 0.382. The summed E-state index contributed by atoms with van der Waals surface area (Å²) in [6.45, 7) is 6.88. The molecule has 0 bridgehead atoms. The molecule has 0 aromatic rings. The lowest BCUT2D eigenvalue weighted by Gasteiger charge is -2.25. The van der Waals surface area contributed by atoms with Crippen LogP contribution >= 0.6 is 0 Å². The van der Waals surface area contributed by atoms with Crippen LogP contribution in [0.15, 0.2) is 0 Å². The Bertz CT molecular complexity index is 313. The fraction of sp³-hybridized carbons (Fsp3) is 0.933. The van der Waals surface area contributed by atoms with Crippen molar-refractivity contribution in [3.8, 4) is 0 Å². The third-order valence-corrected chi connectivity index (χ3v) is 3.64. The van der Waals surface area contributed by atoms with Gasteiger partial charge in [0.05, 0.1) is 0 Å². The number of nitrogens with one attached hydrogen (secondary N) is 2. The molecule has 6 nitrogen and oxygen atoms in total. The van der Waals surface area contributed by atoms with Gasteiger partial charge in [-0.25, -0.2) is 4.79 Å². The molecule has 0 aromatic heterocycles. The molecule has 1 fully saturated rings. The van der Waals surface area contributed by atoms with Crippen molar-refractivity contribution in [3.63, 3.8) is 0 Å². The van der Waals surface area contributed by atoms with E-state index in [0.717, 1.165) is 12.8 Å². The molecule has 2 unspecified atom stereocenters. The minimum Gasteiger partial charge on any atom is -0.444 e. The molecule has 6 heteroatoms. The van der Waals surface area contributed by atoms with Crippen molar-refractivity contribution in [2.75, 3.05) is 27.3 Å².